The van der Waals surface area contributed by atoms with Crippen LogP contribution >= 0.6 is 15.9 Å². The molecule has 1 atom stereocenters. The van der Waals surface area contributed by atoms with Crippen LogP contribution in [0.15, 0.2) is 46.9 Å². The lowest BCUT2D eigenvalue weighted by atomic mass is 9.97. The predicted molar refractivity (Wildman–Crippen MR) is 113 cm³/mol. The van der Waals surface area contributed by atoms with E-state index < -0.39 is 10.0 Å². The van der Waals surface area contributed by atoms with Gasteiger partial charge in [-0.2, -0.15) is 0 Å². The van der Waals surface area contributed by atoms with Gasteiger partial charge in [0.15, 0.2) is 0 Å². The third kappa shape index (κ3) is 5.81. The van der Waals surface area contributed by atoms with Crippen molar-refractivity contribution in [2.45, 2.75) is 33.2 Å². The fraction of sp³-hybridized carbons (Fsp3) is 0.350. The number of nitrogens with zero attached hydrogens (tertiary/aromatic N) is 1. The number of nitrogens with one attached hydrogen (secondary N) is 1. The number of amides is 1. The Hall–Kier alpha value is -1.86. The molecule has 0 bridgehead atoms. The van der Waals surface area contributed by atoms with Gasteiger partial charge >= 0.3 is 0 Å². The minimum absolute atomic E-state index is 0.163. The summed E-state index contributed by atoms with van der Waals surface area (Å²) in [5, 5.41) is 2.97. The first-order valence-corrected chi connectivity index (χ1v) is 11.4. The summed E-state index contributed by atoms with van der Waals surface area (Å²) >= 11 is 3.33. The van der Waals surface area contributed by atoms with Crippen molar-refractivity contribution < 1.29 is 13.2 Å². The summed E-state index contributed by atoms with van der Waals surface area (Å²) in [6, 6.07) is 12.8. The number of halogens is 1. The van der Waals surface area contributed by atoms with Crippen LogP contribution in [-0.4, -0.2) is 27.1 Å². The maximum atomic E-state index is 12.6. The van der Waals surface area contributed by atoms with Crippen molar-refractivity contribution in [1.82, 2.24) is 5.32 Å². The molecule has 146 valence electrons. The van der Waals surface area contributed by atoms with Gasteiger partial charge in [0.25, 0.3) is 0 Å². The Morgan fingerprint density at radius 3 is 2.30 bits per heavy atom. The van der Waals surface area contributed by atoms with E-state index in [9.17, 15) is 13.2 Å². The summed E-state index contributed by atoms with van der Waals surface area (Å²) in [5.41, 5.74) is 3.77. The smallest absolute Gasteiger partial charge is 0.241 e. The Balaban J connectivity index is 2.20. The standard InChI is InChI=1S/C20H25BrN2O3S/c1-5-19(18-11-6-14(2)12-15(18)3)22-20(24)13-23(27(4,25)26)17-9-7-16(21)8-10-17/h6-12,19H,5,13H2,1-4H3,(H,22,24). The number of aryl methyl sites for hydroxylation is 2. The van der Waals surface area contributed by atoms with Crippen LogP contribution in [0.4, 0.5) is 5.69 Å². The molecule has 0 saturated carbocycles. The molecule has 0 aromatic heterocycles. The molecular weight excluding hydrogens is 428 g/mol. The van der Waals surface area contributed by atoms with Crippen LogP contribution in [0.25, 0.3) is 0 Å². The van der Waals surface area contributed by atoms with Crippen LogP contribution in [0.1, 0.15) is 36.1 Å². The van der Waals surface area contributed by atoms with Crippen molar-refractivity contribution in [1.29, 1.82) is 0 Å². The molecule has 0 spiro atoms. The first-order chi connectivity index (χ1) is 12.6. The first kappa shape index (κ1) is 21.4. The molecular formula is C20H25BrN2O3S. The van der Waals surface area contributed by atoms with Gasteiger partial charge in [-0.3, -0.25) is 9.10 Å². The van der Waals surface area contributed by atoms with Gasteiger partial charge in [-0.25, -0.2) is 8.42 Å². The van der Waals surface area contributed by atoms with E-state index in [4.69, 9.17) is 0 Å². The largest absolute Gasteiger partial charge is 0.348 e. The van der Waals surface area contributed by atoms with E-state index in [0.717, 1.165) is 31.7 Å². The Labute approximate surface area is 170 Å². The molecule has 0 heterocycles. The summed E-state index contributed by atoms with van der Waals surface area (Å²) < 4.78 is 26.4. The predicted octanol–water partition coefficient (Wildman–Crippen LogP) is 4.10. The van der Waals surface area contributed by atoms with Crippen molar-refractivity contribution >= 4 is 37.5 Å². The molecule has 2 aromatic rings. The van der Waals surface area contributed by atoms with E-state index >= 15 is 0 Å². The molecule has 0 fully saturated rings. The lowest BCUT2D eigenvalue weighted by Gasteiger charge is -2.25. The maximum Gasteiger partial charge on any atom is 0.241 e. The highest BCUT2D eigenvalue weighted by atomic mass is 79.9. The SMILES string of the molecule is CCC(NC(=O)CN(c1ccc(Br)cc1)S(C)(=O)=O)c1ccc(C)cc1C. The Morgan fingerprint density at radius 1 is 1.15 bits per heavy atom. The molecule has 5 nitrogen and oxygen atoms in total. The van der Waals surface area contributed by atoms with Gasteiger partial charge < -0.3 is 5.32 Å². The molecule has 0 saturated heterocycles. The van der Waals surface area contributed by atoms with E-state index in [1.54, 1.807) is 24.3 Å². The highest BCUT2D eigenvalue weighted by Crippen LogP contribution is 2.23. The summed E-state index contributed by atoms with van der Waals surface area (Å²) in [6.07, 6.45) is 1.82. The fourth-order valence-electron chi connectivity index (χ4n) is 2.99. The molecule has 2 aromatic carbocycles. The van der Waals surface area contributed by atoms with E-state index in [1.165, 1.54) is 0 Å². The average Bonchev–Trinajstić information content (AvgIpc) is 2.58. The Morgan fingerprint density at radius 2 is 1.78 bits per heavy atom. The minimum Gasteiger partial charge on any atom is -0.348 e. The minimum atomic E-state index is -3.59. The molecule has 27 heavy (non-hydrogen) atoms. The van der Waals surface area contributed by atoms with Gasteiger partial charge in [-0.05, 0) is 55.7 Å². The molecule has 0 aliphatic rings. The van der Waals surface area contributed by atoms with Crippen LogP contribution < -0.4 is 9.62 Å². The molecule has 0 aliphatic carbocycles. The molecule has 1 amide bonds. The van der Waals surface area contributed by atoms with Crippen molar-refractivity contribution in [3.8, 4) is 0 Å². The van der Waals surface area contributed by atoms with Crippen molar-refractivity contribution in [3.05, 3.63) is 63.6 Å². The number of hydrogen-bond acceptors (Lipinski definition) is 3. The van der Waals surface area contributed by atoms with Gasteiger partial charge in [0.1, 0.15) is 6.54 Å². The second kappa shape index (κ2) is 8.89. The number of benzene rings is 2. The Bertz CT molecular complexity index is 911. The van der Waals surface area contributed by atoms with Crippen LogP contribution in [-0.2, 0) is 14.8 Å². The zero-order valence-corrected chi connectivity index (χ0v) is 18.4. The topological polar surface area (TPSA) is 66.5 Å². The van der Waals surface area contributed by atoms with E-state index in [-0.39, 0.29) is 18.5 Å². The molecule has 0 radical (unpaired) electrons. The average molecular weight is 453 g/mol. The number of sulfonamides is 1. The summed E-state index contributed by atoms with van der Waals surface area (Å²) in [4.78, 5) is 12.6. The number of carbonyl (C=O) groups excluding carboxylic acids is 1. The fourth-order valence-corrected chi connectivity index (χ4v) is 4.11. The van der Waals surface area contributed by atoms with Gasteiger partial charge in [-0.1, -0.05) is 46.6 Å². The maximum absolute atomic E-state index is 12.6. The number of hydrogen-bond donors (Lipinski definition) is 1. The molecule has 0 aliphatic heterocycles. The first-order valence-electron chi connectivity index (χ1n) is 8.71. The lowest BCUT2D eigenvalue weighted by molar-refractivity contribution is -0.120. The number of rotatable bonds is 7. The van der Waals surface area contributed by atoms with Crippen LogP contribution in [0.5, 0.6) is 0 Å². The summed E-state index contributed by atoms with van der Waals surface area (Å²) in [5.74, 6) is -0.338. The third-order valence-electron chi connectivity index (χ3n) is 4.35. The van der Waals surface area contributed by atoms with Crippen LogP contribution in [0.2, 0.25) is 0 Å². The second-order valence-corrected chi connectivity index (χ2v) is 9.46. The van der Waals surface area contributed by atoms with Crippen molar-refractivity contribution in [2.75, 3.05) is 17.1 Å². The monoisotopic (exact) mass is 452 g/mol. The van der Waals surface area contributed by atoms with Gasteiger partial charge in [0, 0.05) is 4.47 Å². The Kier molecular flexibility index (Phi) is 7.06. The highest BCUT2D eigenvalue weighted by molar-refractivity contribution is 9.10. The van der Waals surface area contributed by atoms with E-state index in [1.807, 2.05) is 32.9 Å². The summed E-state index contributed by atoms with van der Waals surface area (Å²) in [6.45, 7) is 5.77. The second-order valence-electron chi connectivity index (χ2n) is 6.63. The molecule has 7 heteroatoms. The lowest BCUT2D eigenvalue weighted by Crippen LogP contribution is -2.41. The molecule has 2 rings (SSSR count). The van der Waals surface area contributed by atoms with Crippen LogP contribution in [0, 0.1) is 13.8 Å². The zero-order valence-electron chi connectivity index (χ0n) is 16.0. The van der Waals surface area contributed by atoms with Gasteiger partial charge in [0.05, 0.1) is 18.0 Å². The molecule has 1 N–H and O–H groups in total. The number of anilines is 1. The van der Waals surface area contributed by atoms with E-state index in [2.05, 4.69) is 27.3 Å². The highest BCUT2D eigenvalue weighted by Gasteiger charge is 2.23. The third-order valence-corrected chi connectivity index (χ3v) is 6.02. The number of carbonyl (C=O) groups is 1. The summed E-state index contributed by atoms with van der Waals surface area (Å²) in [7, 11) is -3.59. The normalized spacial score (nSPS) is 12.5. The van der Waals surface area contributed by atoms with Crippen LogP contribution in [0.3, 0.4) is 0 Å². The molecule has 1 unspecified atom stereocenters. The van der Waals surface area contributed by atoms with Crippen molar-refractivity contribution in [3.63, 3.8) is 0 Å². The van der Waals surface area contributed by atoms with Gasteiger partial charge in [0.2, 0.25) is 15.9 Å². The van der Waals surface area contributed by atoms with Gasteiger partial charge in [-0.15, -0.1) is 0 Å². The van der Waals surface area contributed by atoms with Crippen molar-refractivity contribution in [2.24, 2.45) is 0 Å². The quantitative estimate of drug-likeness (QED) is 0.687. The van der Waals surface area contributed by atoms with E-state index in [0.29, 0.717) is 12.1 Å². The zero-order chi connectivity index (χ0) is 20.2.